The molecular weight excluding hydrogens is 245 g/mol. The van der Waals surface area contributed by atoms with Crippen LogP contribution in [-0.2, 0) is 0 Å². The molecule has 3 heterocycles. The minimum Gasteiger partial charge on any atom is -0.274 e. The first kappa shape index (κ1) is 10.1. The first-order valence-electron chi connectivity index (χ1n) is 4.72. The summed E-state index contributed by atoms with van der Waals surface area (Å²) < 4.78 is 12.7. The van der Waals surface area contributed by atoms with E-state index in [2.05, 4.69) is 25.1 Å². The second-order valence-electron chi connectivity index (χ2n) is 3.34. The van der Waals surface area contributed by atoms with E-state index in [-0.39, 0.29) is 5.28 Å². The van der Waals surface area contributed by atoms with Crippen molar-refractivity contribution in [2.24, 2.45) is 0 Å². The third kappa shape index (κ3) is 1.72. The van der Waals surface area contributed by atoms with Gasteiger partial charge in [0.15, 0.2) is 0 Å². The summed E-state index contributed by atoms with van der Waals surface area (Å²) in [7, 11) is 0. The zero-order valence-corrected chi connectivity index (χ0v) is 9.11. The van der Waals surface area contributed by atoms with Crippen molar-refractivity contribution >= 4 is 22.6 Å². The van der Waals surface area contributed by atoms with Crippen LogP contribution >= 0.6 is 11.6 Å². The van der Waals surface area contributed by atoms with E-state index in [9.17, 15) is 4.39 Å². The number of hydrogen-bond donors (Lipinski definition) is 1. The second-order valence-corrected chi connectivity index (χ2v) is 3.68. The van der Waals surface area contributed by atoms with E-state index in [0.29, 0.717) is 22.3 Å². The molecule has 0 fully saturated rings. The van der Waals surface area contributed by atoms with Crippen LogP contribution in [0.2, 0.25) is 5.28 Å². The minimum atomic E-state index is -0.541. The Hall–Kier alpha value is -2.08. The number of aromatic amines is 1. The molecular formula is C10H5ClFN5. The number of rotatable bonds is 1. The Kier molecular flexibility index (Phi) is 2.22. The van der Waals surface area contributed by atoms with E-state index in [1.54, 1.807) is 6.07 Å². The second kappa shape index (κ2) is 3.74. The molecule has 17 heavy (non-hydrogen) atoms. The van der Waals surface area contributed by atoms with Crippen LogP contribution in [0.15, 0.2) is 24.5 Å². The van der Waals surface area contributed by atoms with Gasteiger partial charge in [0.1, 0.15) is 16.7 Å². The van der Waals surface area contributed by atoms with E-state index in [1.165, 1.54) is 18.5 Å². The molecule has 3 aromatic heterocycles. The topological polar surface area (TPSA) is 67.3 Å². The first-order valence-corrected chi connectivity index (χ1v) is 5.10. The van der Waals surface area contributed by atoms with Gasteiger partial charge in [0.2, 0.25) is 11.2 Å². The molecule has 0 radical (unpaired) electrons. The van der Waals surface area contributed by atoms with Crippen molar-refractivity contribution in [3.63, 3.8) is 0 Å². The number of aromatic nitrogens is 5. The summed E-state index contributed by atoms with van der Waals surface area (Å²) >= 11 is 5.72. The molecule has 7 heteroatoms. The molecule has 0 saturated carbocycles. The summed E-state index contributed by atoms with van der Waals surface area (Å²) in [6.45, 7) is 0. The zero-order chi connectivity index (χ0) is 11.8. The lowest BCUT2D eigenvalue weighted by Gasteiger charge is -1.96. The summed E-state index contributed by atoms with van der Waals surface area (Å²) in [6, 6.07) is 2.84. The van der Waals surface area contributed by atoms with Gasteiger partial charge >= 0.3 is 0 Å². The van der Waals surface area contributed by atoms with E-state index >= 15 is 0 Å². The fourth-order valence-electron chi connectivity index (χ4n) is 1.51. The highest BCUT2D eigenvalue weighted by Gasteiger charge is 2.10. The highest BCUT2D eigenvalue weighted by Crippen LogP contribution is 2.24. The summed E-state index contributed by atoms with van der Waals surface area (Å²) in [4.78, 5) is 11.5. The van der Waals surface area contributed by atoms with Gasteiger partial charge < -0.3 is 0 Å². The average molecular weight is 250 g/mol. The Bertz CT molecular complexity index is 679. The average Bonchev–Trinajstić information content (AvgIpc) is 2.73. The van der Waals surface area contributed by atoms with E-state index in [4.69, 9.17) is 11.6 Å². The fourth-order valence-corrected chi connectivity index (χ4v) is 1.64. The Labute approximate surface area is 99.7 Å². The molecule has 0 amide bonds. The lowest BCUT2D eigenvalue weighted by atomic mass is 10.2. The van der Waals surface area contributed by atoms with Gasteiger partial charge in [-0.1, -0.05) is 0 Å². The molecule has 3 rings (SSSR count). The van der Waals surface area contributed by atoms with E-state index < -0.39 is 5.95 Å². The van der Waals surface area contributed by atoms with E-state index in [0.717, 1.165) is 0 Å². The Balaban J connectivity index is 2.23. The van der Waals surface area contributed by atoms with Crippen LogP contribution in [0.1, 0.15) is 0 Å². The first-order chi connectivity index (χ1) is 8.24. The molecule has 0 bridgehead atoms. The summed E-state index contributed by atoms with van der Waals surface area (Å²) in [6.07, 6.45) is 2.93. The van der Waals surface area contributed by atoms with Gasteiger partial charge in [-0.3, -0.25) is 5.10 Å². The standard InChI is InChI=1S/C10H5ClFN5/c11-10-14-4-6-9(15-10)8(17-16-6)5-1-2-7(12)13-3-5/h1-4H,(H,16,17). The van der Waals surface area contributed by atoms with Gasteiger partial charge in [-0.2, -0.15) is 9.49 Å². The molecule has 84 valence electrons. The maximum absolute atomic E-state index is 12.7. The predicted molar refractivity (Wildman–Crippen MR) is 59.9 cm³/mol. The monoisotopic (exact) mass is 249 g/mol. The van der Waals surface area contributed by atoms with Crippen molar-refractivity contribution in [1.82, 2.24) is 25.1 Å². The molecule has 0 unspecified atom stereocenters. The fraction of sp³-hybridized carbons (Fsp3) is 0. The van der Waals surface area contributed by atoms with Crippen LogP contribution in [0, 0.1) is 5.95 Å². The van der Waals surface area contributed by atoms with Crippen molar-refractivity contribution in [3.8, 4) is 11.3 Å². The molecule has 0 atom stereocenters. The van der Waals surface area contributed by atoms with Crippen LogP contribution in [0.5, 0.6) is 0 Å². The number of hydrogen-bond acceptors (Lipinski definition) is 4. The largest absolute Gasteiger partial charge is 0.274 e. The summed E-state index contributed by atoms with van der Waals surface area (Å²) in [5.74, 6) is -0.541. The number of fused-ring (bicyclic) bond motifs is 1. The lowest BCUT2D eigenvalue weighted by molar-refractivity contribution is 0.584. The number of halogens is 2. The van der Waals surface area contributed by atoms with Crippen LogP contribution in [0.4, 0.5) is 4.39 Å². The smallest absolute Gasteiger partial charge is 0.223 e. The van der Waals surface area contributed by atoms with Gasteiger partial charge in [0, 0.05) is 11.8 Å². The molecule has 1 N–H and O–H groups in total. The van der Waals surface area contributed by atoms with Gasteiger partial charge in [-0.25, -0.2) is 15.0 Å². The molecule has 0 aromatic carbocycles. The van der Waals surface area contributed by atoms with Gasteiger partial charge in [-0.05, 0) is 23.7 Å². The normalized spacial score (nSPS) is 10.9. The third-order valence-electron chi connectivity index (χ3n) is 2.27. The quantitative estimate of drug-likeness (QED) is 0.530. The zero-order valence-electron chi connectivity index (χ0n) is 8.35. The maximum atomic E-state index is 12.7. The van der Waals surface area contributed by atoms with Crippen molar-refractivity contribution in [1.29, 1.82) is 0 Å². The van der Waals surface area contributed by atoms with Gasteiger partial charge in [0.25, 0.3) is 0 Å². The number of H-pyrrole nitrogens is 1. The minimum absolute atomic E-state index is 0.134. The van der Waals surface area contributed by atoms with Crippen LogP contribution < -0.4 is 0 Å². The van der Waals surface area contributed by atoms with Crippen molar-refractivity contribution in [2.45, 2.75) is 0 Å². The van der Waals surface area contributed by atoms with Crippen LogP contribution in [0.3, 0.4) is 0 Å². The van der Waals surface area contributed by atoms with Crippen molar-refractivity contribution in [3.05, 3.63) is 35.8 Å². The molecule has 0 aliphatic rings. The maximum Gasteiger partial charge on any atom is 0.223 e. The summed E-state index contributed by atoms with van der Waals surface area (Å²) in [5.41, 5.74) is 2.47. The number of nitrogens with one attached hydrogen (secondary N) is 1. The molecule has 5 nitrogen and oxygen atoms in total. The molecule has 0 aliphatic heterocycles. The Morgan fingerprint density at radius 2 is 2.06 bits per heavy atom. The molecule has 0 saturated heterocycles. The third-order valence-corrected chi connectivity index (χ3v) is 2.45. The van der Waals surface area contributed by atoms with Gasteiger partial charge in [-0.15, -0.1) is 0 Å². The highest BCUT2D eigenvalue weighted by atomic mass is 35.5. The summed E-state index contributed by atoms with van der Waals surface area (Å²) in [5, 5.41) is 7.00. The number of pyridine rings is 1. The van der Waals surface area contributed by atoms with Gasteiger partial charge in [0.05, 0.1) is 6.20 Å². The molecule has 3 aromatic rings. The van der Waals surface area contributed by atoms with Crippen molar-refractivity contribution in [2.75, 3.05) is 0 Å². The molecule has 0 aliphatic carbocycles. The van der Waals surface area contributed by atoms with E-state index in [1.807, 2.05) is 0 Å². The van der Waals surface area contributed by atoms with Crippen LogP contribution in [0.25, 0.3) is 22.3 Å². The Morgan fingerprint density at radius 3 is 2.82 bits per heavy atom. The SMILES string of the molecule is Fc1ccc(-c2n[nH]c3cnc(Cl)nc23)cn1. The van der Waals surface area contributed by atoms with Crippen molar-refractivity contribution < 1.29 is 4.39 Å². The number of nitrogens with zero attached hydrogens (tertiary/aromatic N) is 4. The van der Waals surface area contributed by atoms with Crippen LogP contribution in [-0.4, -0.2) is 25.1 Å². The highest BCUT2D eigenvalue weighted by molar-refractivity contribution is 6.28. The Morgan fingerprint density at radius 1 is 1.18 bits per heavy atom. The molecule has 0 spiro atoms. The predicted octanol–water partition coefficient (Wildman–Crippen LogP) is 2.21. The lowest BCUT2D eigenvalue weighted by Crippen LogP contribution is -1.86.